The summed E-state index contributed by atoms with van der Waals surface area (Å²) in [6.45, 7) is 7.82. The standard InChI is InChI=1S/C16H27NO4/c1-5-20-9-6-7-17-8-10-21-16-14(18-3)11-13(2)12-15(16)19-4/h11-12,17H,5-10H2,1-4H3. The summed E-state index contributed by atoms with van der Waals surface area (Å²) in [4.78, 5) is 0. The van der Waals surface area contributed by atoms with E-state index in [9.17, 15) is 0 Å². The van der Waals surface area contributed by atoms with Gasteiger partial charge in [0.15, 0.2) is 11.5 Å². The molecule has 1 aromatic rings. The van der Waals surface area contributed by atoms with Gasteiger partial charge in [0.25, 0.3) is 0 Å². The lowest BCUT2D eigenvalue weighted by molar-refractivity contribution is 0.144. The van der Waals surface area contributed by atoms with Gasteiger partial charge in [-0.15, -0.1) is 0 Å². The smallest absolute Gasteiger partial charge is 0.203 e. The molecular weight excluding hydrogens is 270 g/mol. The fourth-order valence-corrected chi connectivity index (χ4v) is 1.95. The van der Waals surface area contributed by atoms with E-state index in [1.807, 2.05) is 26.0 Å². The van der Waals surface area contributed by atoms with E-state index in [1.165, 1.54) is 0 Å². The van der Waals surface area contributed by atoms with E-state index in [-0.39, 0.29) is 0 Å². The first-order valence-electron chi connectivity index (χ1n) is 7.36. The number of ether oxygens (including phenoxy) is 4. The first kappa shape index (κ1) is 17.6. The summed E-state index contributed by atoms with van der Waals surface area (Å²) in [6, 6.07) is 3.88. The molecule has 0 aliphatic heterocycles. The van der Waals surface area contributed by atoms with Crippen LogP contribution in [0.2, 0.25) is 0 Å². The first-order valence-corrected chi connectivity index (χ1v) is 7.36. The molecule has 1 rings (SSSR count). The maximum absolute atomic E-state index is 5.79. The van der Waals surface area contributed by atoms with Crippen molar-refractivity contribution in [3.05, 3.63) is 17.7 Å². The average molecular weight is 297 g/mol. The van der Waals surface area contributed by atoms with Crippen LogP contribution in [0.5, 0.6) is 17.2 Å². The van der Waals surface area contributed by atoms with E-state index < -0.39 is 0 Å². The summed E-state index contributed by atoms with van der Waals surface area (Å²) in [7, 11) is 3.26. The number of hydrogen-bond donors (Lipinski definition) is 1. The van der Waals surface area contributed by atoms with Crippen LogP contribution < -0.4 is 19.5 Å². The molecule has 0 unspecified atom stereocenters. The lowest BCUT2D eigenvalue weighted by atomic mass is 10.2. The molecule has 0 aliphatic rings. The molecule has 5 nitrogen and oxygen atoms in total. The third-order valence-electron chi connectivity index (χ3n) is 2.98. The molecule has 0 heterocycles. The lowest BCUT2D eigenvalue weighted by Gasteiger charge is -2.15. The maximum Gasteiger partial charge on any atom is 0.203 e. The van der Waals surface area contributed by atoms with Crippen molar-refractivity contribution >= 4 is 0 Å². The Balaban J connectivity index is 2.37. The lowest BCUT2D eigenvalue weighted by Crippen LogP contribution is -2.23. The van der Waals surface area contributed by atoms with Gasteiger partial charge in [-0.25, -0.2) is 0 Å². The molecule has 0 spiro atoms. The molecule has 5 heteroatoms. The van der Waals surface area contributed by atoms with Gasteiger partial charge in [0.2, 0.25) is 5.75 Å². The number of aryl methyl sites for hydroxylation is 1. The molecule has 1 aromatic carbocycles. The van der Waals surface area contributed by atoms with Gasteiger partial charge in [0.05, 0.1) is 14.2 Å². The molecule has 0 radical (unpaired) electrons. The molecule has 0 aliphatic carbocycles. The van der Waals surface area contributed by atoms with Gasteiger partial charge in [0.1, 0.15) is 6.61 Å². The summed E-state index contributed by atoms with van der Waals surface area (Å²) in [5, 5.41) is 3.31. The summed E-state index contributed by atoms with van der Waals surface area (Å²) in [5.41, 5.74) is 1.07. The topological polar surface area (TPSA) is 49.0 Å². The molecule has 21 heavy (non-hydrogen) atoms. The van der Waals surface area contributed by atoms with Crippen molar-refractivity contribution in [3.8, 4) is 17.2 Å². The fraction of sp³-hybridized carbons (Fsp3) is 0.625. The van der Waals surface area contributed by atoms with Crippen molar-refractivity contribution in [2.75, 3.05) is 47.1 Å². The van der Waals surface area contributed by atoms with E-state index in [2.05, 4.69) is 5.32 Å². The van der Waals surface area contributed by atoms with E-state index in [0.717, 1.165) is 38.3 Å². The van der Waals surface area contributed by atoms with Gasteiger partial charge in [-0.1, -0.05) is 0 Å². The Kier molecular flexibility index (Phi) is 8.62. The predicted octanol–water partition coefficient (Wildman–Crippen LogP) is 2.41. The van der Waals surface area contributed by atoms with Gasteiger partial charge >= 0.3 is 0 Å². The molecule has 120 valence electrons. The second-order valence-corrected chi connectivity index (χ2v) is 4.65. The molecular formula is C16H27NO4. The molecule has 0 bridgehead atoms. The number of methoxy groups -OCH3 is 2. The summed E-state index contributed by atoms with van der Waals surface area (Å²) in [6.07, 6.45) is 1.00. The van der Waals surface area contributed by atoms with Crippen molar-refractivity contribution in [2.45, 2.75) is 20.3 Å². The third-order valence-corrected chi connectivity index (χ3v) is 2.98. The Morgan fingerprint density at radius 3 is 2.24 bits per heavy atom. The second kappa shape index (κ2) is 10.3. The minimum atomic E-state index is 0.560. The van der Waals surface area contributed by atoms with Crippen molar-refractivity contribution < 1.29 is 18.9 Å². The third kappa shape index (κ3) is 6.23. The van der Waals surface area contributed by atoms with Crippen LogP contribution in [0.1, 0.15) is 18.9 Å². The molecule has 0 saturated carbocycles. The van der Waals surface area contributed by atoms with Gasteiger partial charge in [0, 0.05) is 19.8 Å². The van der Waals surface area contributed by atoms with E-state index in [1.54, 1.807) is 14.2 Å². The zero-order valence-corrected chi connectivity index (χ0v) is 13.5. The minimum Gasteiger partial charge on any atom is -0.493 e. The van der Waals surface area contributed by atoms with Crippen LogP contribution in [0.3, 0.4) is 0 Å². The maximum atomic E-state index is 5.79. The molecule has 0 fully saturated rings. The van der Waals surface area contributed by atoms with Crippen LogP contribution in [-0.2, 0) is 4.74 Å². The van der Waals surface area contributed by atoms with Crippen molar-refractivity contribution in [2.24, 2.45) is 0 Å². The highest BCUT2D eigenvalue weighted by Gasteiger charge is 2.12. The van der Waals surface area contributed by atoms with Crippen LogP contribution in [0.4, 0.5) is 0 Å². The van der Waals surface area contributed by atoms with Crippen LogP contribution in [0, 0.1) is 6.92 Å². The minimum absolute atomic E-state index is 0.560. The van der Waals surface area contributed by atoms with Crippen LogP contribution in [0.15, 0.2) is 12.1 Å². The number of hydrogen-bond acceptors (Lipinski definition) is 5. The molecule has 0 amide bonds. The molecule has 0 atom stereocenters. The number of nitrogens with one attached hydrogen (secondary N) is 1. The number of rotatable bonds is 11. The summed E-state index contributed by atoms with van der Waals surface area (Å²) >= 11 is 0. The first-order chi connectivity index (χ1) is 10.2. The van der Waals surface area contributed by atoms with Gasteiger partial charge in [-0.05, 0) is 44.5 Å². The van der Waals surface area contributed by atoms with Crippen molar-refractivity contribution in [1.29, 1.82) is 0 Å². The van der Waals surface area contributed by atoms with E-state index in [4.69, 9.17) is 18.9 Å². The Labute approximate surface area is 127 Å². The highest BCUT2D eigenvalue weighted by Crippen LogP contribution is 2.38. The summed E-state index contributed by atoms with van der Waals surface area (Å²) in [5.74, 6) is 2.05. The Bertz CT molecular complexity index is 384. The van der Waals surface area contributed by atoms with Crippen LogP contribution >= 0.6 is 0 Å². The fourth-order valence-electron chi connectivity index (χ4n) is 1.95. The second-order valence-electron chi connectivity index (χ2n) is 4.65. The van der Waals surface area contributed by atoms with E-state index >= 15 is 0 Å². The average Bonchev–Trinajstić information content (AvgIpc) is 2.50. The zero-order chi connectivity index (χ0) is 15.5. The Morgan fingerprint density at radius 1 is 1.00 bits per heavy atom. The molecule has 0 saturated heterocycles. The van der Waals surface area contributed by atoms with Crippen molar-refractivity contribution in [1.82, 2.24) is 5.32 Å². The Morgan fingerprint density at radius 2 is 1.67 bits per heavy atom. The largest absolute Gasteiger partial charge is 0.493 e. The normalized spacial score (nSPS) is 10.5. The molecule has 0 aromatic heterocycles. The highest BCUT2D eigenvalue weighted by atomic mass is 16.5. The molecule has 1 N–H and O–H groups in total. The van der Waals surface area contributed by atoms with E-state index in [0.29, 0.717) is 23.9 Å². The van der Waals surface area contributed by atoms with Gasteiger partial charge < -0.3 is 24.3 Å². The predicted molar refractivity (Wildman–Crippen MR) is 83.8 cm³/mol. The zero-order valence-electron chi connectivity index (χ0n) is 13.5. The van der Waals surface area contributed by atoms with Crippen LogP contribution in [-0.4, -0.2) is 47.1 Å². The van der Waals surface area contributed by atoms with Gasteiger partial charge in [-0.3, -0.25) is 0 Å². The SMILES string of the molecule is CCOCCCNCCOc1c(OC)cc(C)cc1OC. The Hall–Kier alpha value is -1.46. The van der Waals surface area contributed by atoms with Crippen molar-refractivity contribution in [3.63, 3.8) is 0 Å². The monoisotopic (exact) mass is 297 g/mol. The summed E-state index contributed by atoms with van der Waals surface area (Å²) < 4.78 is 21.8. The van der Waals surface area contributed by atoms with Crippen LogP contribution in [0.25, 0.3) is 0 Å². The quantitative estimate of drug-likeness (QED) is 0.636. The highest BCUT2D eigenvalue weighted by molar-refractivity contribution is 5.53. The van der Waals surface area contributed by atoms with Gasteiger partial charge in [-0.2, -0.15) is 0 Å². The number of benzene rings is 1.